The summed E-state index contributed by atoms with van der Waals surface area (Å²) in [4.78, 5) is 22.8. The first-order valence-electron chi connectivity index (χ1n) is 7.21. The van der Waals surface area contributed by atoms with Crippen molar-refractivity contribution in [1.29, 1.82) is 0 Å². The van der Waals surface area contributed by atoms with Crippen LogP contribution < -0.4 is 15.4 Å². The molecule has 120 valence electrons. The van der Waals surface area contributed by atoms with Crippen molar-refractivity contribution in [2.24, 2.45) is 0 Å². The molecule has 2 aromatic carbocycles. The number of hydrogen-bond acceptors (Lipinski definition) is 5. The number of carbonyl (C=O) groups excluding carboxylic acids is 2. The molecule has 0 saturated carbocycles. The molecule has 2 aromatic rings. The lowest BCUT2D eigenvalue weighted by Gasteiger charge is -2.12. The maximum atomic E-state index is 11.7. The lowest BCUT2D eigenvalue weighted by molar-refractivity contribution is -0.118. The molecular formula is C17H18N2O4. The van der Waals surface area contributed by atoms with Crippen molar-refractivity contribution < 1.29 is 19.1 Å². The minimum Gasteiger partial charge on any atom is -0.455 e. The number of para-hydroxylation sites is 3. The lowest BCUT2D eigenvalue weighted by atomic mass is 10.3. The SMILES string of the molecule is CCOC(=O)NC(=O)CNc1ccccc1Oc1ccccc1. The van der Waals surface area contributed by atoms with Gasteiger partial charge in [-0.3, -0.25) is 10.1 Å². The van der Waals surface area contributed by atoms with Crippen molar-refractivity contribution in [3.63, 3.8) is 0 Å². The maximum absolute atomic E-state index is 11.7. The number of imide groups is 1. The summed E-state index contributed by atoms with van der Waals surface area (Å²) in [6, 6.07) is 16.6. The van der Waals surface area contributed by atoms with E-state index < -0.39 is 12.0 Å². The van der Waals surface area contributed by atoms with Gasteiger partial charge in [0.15, 0.2) is 5.75 Å². The van der Waals surface area contributed by atoms with E-state index in [4.69, 9.17) is 4.74 Å². The molecule has 2 rings (SSSR count). The first kappa shape index (κ1) is 16.4. The zero-order valence-electron chi connectivity index (χ0n) is 12.7. The van der Waals surface area contributed by atoms with Crippen LogP contribution in [0.1, 0.15) is 6.92 Å². The van der Waals surface area contributed by atoms with Gasteiger partial charge in [0.1, 0.15) is 5.75 Å². The van der Waals surface area contributed by atoms with Gasteiger partial charge in [-0.25, -0.2) is 4.79 Å². The molecule has 0 bridgehead atoms. The molecule has 0 aliphatic carbocycles. The van der Waals surface area contributed by atoms with E-state index in [1.165, 1.54) is 0 Å². The fourth-order valence-electron chi connectivity index (χ4n) is 1.82. The third kappa shape index (κ3) is 5.35. The van der Waals surface area contributed by atoms with Crippen molar-refractivity contribution in [2.45, 2.75) is 6.92 Å². The lowest BCUT2D eigenvalue weighted by Crippen LogP contribution is -2.35. The zero-order chi connectivity index (χ0) is 16.5. The van der Waals surface area contributed by atoms with Crippen LogP contribution in [0.4, 0.5) is 10.5 Å². The molecule has 0 aromatic heterocycles. The van der Waals surface area contributed by atoms with Crippen molar-refractivity contribution in [1.82, 2.24) is 5.32 Å². The Bertz CT molecular complexity index is 659. The van der Waals surface area contributed by atoms with E-state index in [9.17, 15) is 9.59 Å². The van der Waals surface area contributed by atoms with Gasteiger partial charge in [-0.1, -0.05) is 30.3 Å². The number of anilines is 1. The topological polar surface area (TPSA) is 76.7 Å². The number of amides is 2. The smallest absolute Gasteiger partial charge is 0.413 e. The van der Waals surface area contributed by atoms with E-state index in [-0.39, 0.29) is 13.2 Å². The second-order valence-corrected chi connectivity index (χ2v) is 4.53. The maximum Gasteiger partial charge on any atom is 0.413 e. The third-order valence-electron chi connectivity index (χ3n) is 2.81. The average Bonchev–Trinajstić information content (AvgIpc) is 2.55. The predicted octanol–water partition coefficient (Wildman–Crippen LogP) is 3.16. The molecule has 0 unspecified atom stereocenters. The molecule has 0 saturated heterocycles. The van der Waals surface area contributed by atoms with Crippen LogP contribution in [-0.4, -0.2) is 25.2 Å². The summed E-state index contributed by atoms with van der Waals surface area (Å²) in [5, 5.41) is 5.05. The monoisotopic (exact) mass is 314 g/mol. The van der Waals surface area contributed by atoms with Crippen LogP contribution in [-0.2, 0) is 9.53 Å². The van der Waals surface area contributed by atoms with Gasteiger partial charge in [-0.05, 0) is 31.2 Å². The van der Waals surface area contributed by atoms with E-state index in [0.717, 1.165) is 0 Å². The third-order valence-corrected chi connectivity index (χ3v) is 2.81. The molecule has 0 radical (unpaired) electrons. The van der Waals surface area contributed by atoms with Crippen LogP contribution in [0.5, 0.6) is 11.5 Å². The van der Waals surface area contributed by atoms with Crippen LogP contribution in [0.15, 0.2) is 54.6 Å². The van der Waals surface area contributed by atoms with Crippen molar-refractivity contribution in [3.8, 4) is 11.5 Å². The van der Waals surface area contributed by atoms with Crippen LogP contribution in [0, 0.1) is 0 Å². The highest BCUT2D eigenvalue weighted by Crippen LogP contribution is 2.28. The Morgan fingerprint density at radius 1 is 1.00 bits per heavy atom. The van der Waals surface area contributed by atoms with E-state index in [2.05, 4.69) is 15.4 Å². The molecule has 0 spiro atoms. The van der Waals surface area contributed by atoms with Crippen molar-refractivity contribution in [3.05, 3.63) is 54.6 Å². The Labute approximate surface area is 134 Å². The van der Waals surface area contributed by atoms with Gasteiger partial charge in [-0.2, -0.15) is 0 Å². The molecule has 0 aliphatic rings. The summed E-state index contributed by atoms with van der Waals surface area (Å²) in [6.45, 7) is 1.80. The molecule has 6 heteroatoms. The highest BCUT2D eigenvalue weighted by molar-refractivity contribution is 5.94. The van der Waals surface area contributed by atoms with E-state index in [1.807, 2.05) is 42.5 Å². The van der Waals surface area contributed by atoms with Crippen LogP contribution >= 0.6 is 0 Å². The Kier molecular flexibility index (Phi) is 5.99. The predicted molar refractivity (Wildman–Crippen MR) is 86.6 cm³/mol. The van der Waals surface area contributed by atoms with E-state index in [0.29, 0.717) is 17.2 Å². The summed E-state index contributed by atoms with van der Waals surface area (Å²) < 4.78 is 10.4. The van der Waals surface area contributed by atoms with Gasteiger partial charge in [0, 0.05) is 0 Å². The largest absolute Gasteiger partial charge is 0.455 e. The molecular weight excluding hydrogens is 296 g/mol. The van der Waals surface area contributed by atoms with Crippen LogP contribution in [0.2, 0.25) is 0 Å². The minimum atomic E-state index is -0.756. The summed E-state index contributed by atoms with van der Waals surface area (Å²) in [7, 11) is 0. The number of nitrogens with one attached hydrogen (secondary N) is 2. The summed E-state index contributed by atoms with van der Waals surface area (Å²) in [5.74, 6) is 0.790. The fourth-order valence-corrected chi connectivity index (χ4v) is 1.82. The van der Waals surface area contributed by atoms with Crippen molar-refractivity contribution >= 4 is 17.7 Å². The highest BCUT2D eigenvalue weighted by Gasteiger charge is 2.09. The fraction of sp³-hybridized carbons (Fsp3) is 0.176. The molecule has 2 amide bonds. The molecule has 0 heterocycles. The zero-order valence-corrected chi connectivity index (χ0v) is 12.7. The van der Waals surface area contributed by atoms with Gasteiger partial charge in [-0.15, -0.1) is 0 Å². The van der Waals surface area contributed by atoms with Gasteiger partial charge in [0.25, 0.3) is 0 Å². The summed E-state index contributed by atoms with van der Waals surface area (Å²) >= 11 is 0. The molecule has 2 N–H and O–H groups in total. The molecule has 0 aliphatic heterocycles. The Morgan fingerprint density at radius 2 is 1.70 bits per heavy atom. The van der Waals surface area contributed by atoms with Crippen LogP contribution in [0.3, 0.4) is 0 Å². The standard InChI is InChI=1S/C17H18N2O4/c1-2-22-17(21)19-16(20)12-18-14-10-6-7-11-15(14)23-13-8-4-3-5-9-13/h3-11,18H,2,12H2,1H3,(H,19,20,21). The molecule has 0 atom stereocenters. The average molecular weight is 314 g/mol. The number of benzene rings is 2. The number of alkyl carbamates (subject to hydrolysis) is 1. The van der Waals surface area contributed by atoms with Gasteiger partial charge < -0.3 is 14.8 Å². The van der Waals surface area contributed by atoms with E-state index >= 15 is 0 Å². The molecule has 23 heavy (non-hydrogen) atoms. The number of ether oxygens (including phenoxy) is 2. The van der Waals surface area contributed by atoms with E-state index in [1.54, 1.807) is 19.1 Å². The Hall–Kier alpha value is -3.02. The Morgan fingerprint density at radius 3 is 2.43 bits per heavy atom. The van der Waals surface area contributed by atoms with Gasteiger partial charge >= 0.3 is 6.09 Å². The first-order chi connectivity index (χ1) is 11.2. The second kappa shape index (κ2) is 8.43. The molecule has 6 nitrogen and oxygen atoms in total. The van der Waals surface area contributed by atoms with Gasteiger partial charge in [0.05, 0.1) is 18.8 Å². The summed E-state index contributed by atoms with van der Waals surface area (Å²) in [6.07, 6.45) is -0.756. The van der Waals surface area contributed by atoms with Crippen molar-refractivity contribution in [2.75, 3.05) is 18.5 Å². The van der Waals surface area contributed by atoms with Crippen LogP contribution in [0.25, 0.3) is 0 Å². The quantitative estimate of drug-likeness (QED) is 0.856. The number of carbonyl (C=O) groups is 2. The van der Waals surface area contributed by atoms with Gasteiger partial charge in [0.2, 0.25) is 5.91 Å². The minimum absolute atomic E-state index is 0.0754. The number of hydrogen-bond donors (Lipinski definition) is 2. The Balaban J connectivity index is 1.95. The normalized spacial score (nSPS) is 9.78. The number of rotatable bonds is 6. The first-order valence-corrected chi connectivity index (χ1v) is 7.21. The summed E-state index contributed by atoms with van der Waals surface area (Å²) in [5.41, 5.74) is 0.648. The molecule has 0 fully saturated rings. The highest BCUT2D eigenvalue weighted by atomic mass is 16.5. The second-order valence-electron chi connectivity index (χ2n) is 4.53.